The Kier molecular flexibility index (Phi) is 13.3. The zero-order chi connectivity index (χ0) is 29.6. The number of unbranched alkanes of at least 4 members (excludes halogenated alkanes) is 9. The summed E-state index contributed by atoms with van der Waals surface area (Å²) < 4.78 is 2.32. The third-order valence-electron chi connectivity index (χ3n) is 8.18. The summed E-state index contributed by atoms with van der Waals surface area (Å²) in [6, 6.07) is 11.4. The Morgan fingerprint density at radius 3 is 2.10 bits per heavy atom. The fourth-order valence-electron chi connectivity index (χ4n) is 5.72. The SMILES string of the molecule is CCCCCCCCCCCC(=NOC(C)=O)c1ccc2c(c1)c1cc([N+](=O)[O-])ccc1n2CC(CC)CCCC. The average Bonchev–Trinajstić information content (AvgIpc) is 3.27. The summed E-state index contributed by atoms with van der Waals surface area (Å²) in [6.45, 7) is 8.93. The van der Waals surface area contributed by atoms with Gasteiger partial charge in [0.1, 0.15) is 0 Å². The van der Waals surface area contributed by atoms with Gasteiger partial charge in [-0.25, -0.2) is 4.79 Å². The van der Waals surface area contributed by atoms with Crippen LogP contribution in [0.4, 0.5) is 5.69 Å². The molecule has 0 aliphatic carbocycles. The van der Waals surface area contributed by atoms with Gasteiger partial charge in [0.15, 0.2) is 0 Å². The number of rotatable bonds is 19. The minimum absolute atomic E-state index is 0.0866. The van der Waals surface area contributed by atoms with Gasteiger partial charge in [-0.05, 0) is 43.4 Å². The van der Waals surface area contributed by atoms with Gasteiger partial charge in [0.2, 0.25) is 0 Å². The fraction of sp³-hybridized carbons (Fsp3) is 0.588. The molecule has 1 aromatic heterocycles. The van der Waals surface area contributed by atoms with Crippen LogP contribution in [0.15, 0.2) is 41.6 Å². The van der Waals surface area contributed by atoms with Crippen LogP contribution in [0.1, 0.15) is 123 Å². The molecule has 3 aromatic rings. The molecule has 0 N–H and O–H groups in total. The van der Waals surface area contributed by atoms with Crippen molar-refractivity contribution >= 4 is 39.2 Å². The molecule has 0 amide bonds. The van der Waals surface area contributed by atoms with Crippen molar-refractivity contribution < 1.29 is 14.6 Å². The number of non-ortho nitro benzene ring substituents is 1. The molecule has 0 saturated heterocycles. The molecule has 0 bridgehead atoms. The first-order valence-electron chi connectivity index (χ1n) is 15.8. The molecule has 0 saturated carbocycles. The van der Waals surface area contributed by atoms with Gasteiger partial charge in [0.05, 0.1) is 10.6 Å². The van der Waals surface area contributed by atoms with Crippen molar-refractivity contribution in [1.29, 1.82) is 0 Å². The first-order chi connectivity index (χ1) is 19.9. The number of benzene rings is 2. The summed E-state index contributed by atoms with van der Waals surface area (Å²) in [5.74, 6) is 0.0944. The molecular formula is C34H49N3O4. The van der Waals surface area contributed by atoms with Crippen LogP contribution < -0.4 is 0 Å². The number of hydrogen-bond acceptors (Lipinski definition) is 5. The lowest BCUT2D eigenvalue weighted by molar-refractivity contribution is -0.384. The Bertz CT molecular complexity index is 1310. The molecule has 224 valence electrons. The van der Waals surface area contributed by atoms with Crippen molar-refractivity contribution in [3.8, 4) is 0 Å². The third-order valence-corrected chi connectivity index (χ3v) is 8.18. The van der Waals surface area contributed by atoms with E-state index in [9.17, 15) is 14.9 Å². The van der Waals surface area contributed by atoms with Crippen molar-refractivity contribution in [2.24, 2.45) is 11.1 Å². The van der Waals surface area contributed by atoms with E-state index in [0.29, 0.717) is 12.3 Å². The number of carbonyl (C=O) groups is 1. The van der Waals surface area contributed by atoms with Gasteiger partial charge < -0.3 is 9.40 Å². The van der Waals surface area contributed by atoms with Crippen LogP contribution in [-0.2, 0) is 16.2 Å². The first-order valence-corrected chi connectivity index (χ1v) is 15.8. The van der Waals surface area contributed by atoms with Gasteiger partial charge in [0, 0.05) is 53.0 Å². The molecule has 0 aliphatic heterocycles. The summed E-state index contributed by atoms with van der Waals surface area (Å²) in [7, 11) is 0. The van der Waals surface area contributed by atoms with Gasteiger partial charge in [0.25, 0.3) is 5.69 Å². The van der Waals surface area contributed by atoms with Crippen molar-refractivity contribution in [1.82, 2.24) is 4.57 Å². The van der Waals surface area contributed by atoms with Gasteiger partial charge in [-0.3, -0.25) is 10.1 Å². The molecule has 7 nitrogen and oxygen atoms in total. The Hall–Kier alpha value is -3.22. The van der Waals surface area contributed by atoms with Crippen LogP contribution in [0.2, 0.25) is 0 Å². The molecule has 0 radical (unpaired) electrons. The quantitative estimate of drug-likeness (QED) is 0.0477. The van der Waals surface area contributed by atoms with E-state index < -0.39 is 5.97 Å². The maximum absolute atomic E-state index is 11.6. The standard InChI is InChI=1S/C34H49N3O4/c1-5-8-10-11-12-13-14-15-16-18-32(35-41-26(4)38)28-19-21-33-30(23-28)31-24-29(37(39)40)20-22-34(31)36(33)25-27(7-3)17-9-6-2/h19-24,27H,5-18,25H2,1-4H3. The van der Waals surface area contributed by atoms with Gasteiger partial charge in [-0.15, -0.1) is 0 Å². The predicted molar refractivity (Wildman–Crippen MR) is 170 cm³/mol. The van der Waals surface area contributed by atoms with Gasteiger partial charge in [-0.2, -0.15) is 0 Å². The number of nitro groups is 1. The van der Waals surface area contributed by atoms with Gasteiger partial charge >= 0.3 is 5.97 Å². The average molecular weight is 564 g/mol. The Morgan fingerprint density at radius 2 is 1.49 bits per heavy atom. The molecule has 7 heteroatoms. The van der Waals surface area contributed by atoms with E-state index in [4.69, 9.17) is 4.84 Å². The van der Waals surface area contributed by atoms with Crippen LogP contribution in [0.3, 0.4) is 0 Å². The van der Waals surface area contributed by atoms with Crippen LogP contribution in [0, 0.1) is 16.0 Å². The highest BCUT2D eigenvalue weighted by atomic mass is 16.7. The van der Waals surface area contributed by atoms with Crippen LogP contribution in [0.25, 0.3) is 21.8 Å². The molecule has 2 aromatic carbocycles. The summed E-state index contributed by atoms with van der Waals surface area (Å²) in [6.07, 6.45) is 16.4. The Morgan fingerprint density at radius 1 is 0.878 bits per heavy atom. The van der Waals surface area contributed by atoms with E-state index >= 15 is 0 Å². The second-order valence-corrected chi connectivity index (χ2v) is 11.4. The number of hydrogen-bond donors (Lipinski definition) is 0. The summed E-state index contributed by atoms with van der Waals surface area (Å²) >= 11 is 0. The van der Waals surface area contributed by atoms with E-state index in [0.717, 1.165) is 65.3 Å². The monoisotopic (exact) mass is 563 g/mol. The van der Waals surface area contributed by atoms with E-state index in [2.05, 4.69) is 48.7 Å². The lowest BCUT2D eigenvalue weighted by Gasteiger charge is -2.17. The molecule has 3 rings (SSSR count). The number of carbonyl (C=O) groups excluding carboxylic acids is 1. The van der Waals surface area contributed by atoms with Crippen molar-refractivity contribution in [2.45, 2.75) is 124 Å². The highest BCUT2D eigenvalue weighted by Gasteiger charge is 2.19. The van der Waals surface area contributed by atoms with E-state index in [-0.39, 0.29) is 10.6 Å². The van der Waals surface area contributed by atoms with Crippen molar-refractivity contribution in [3.05, 3.63) is 52.1 Å². The smallest absolute Gasteiger partial charge is 0.331 e. The minimum atomic E-state index is -0.444. The van der Waals surface area contributed by atoms with E-state index in [1.807, 2.05) is 6.07 Å². The van der Waals surface area contributed by atoms with Crippen LogP contribution in [0.5, 0.6) is 0 Å². The summed E-state index contributed by atoms with van der Waals surface area (Å²) in [5.41, 5.74) is 3.79. The molecule has 41 heavy (non-hydrogen) atoms. The molecule has 1 heterocycles. The van der Waals surface area contributed by atoms with E-state index in [1.54, 1.807) is 12.1 Å². The highest BCUT2D eigenvalue weighted by Crippen LogP contribution is 2.34. The van der Waals surface area contributed by atoms with Crippen molar-refractivity contribution in [3.63, 3.8) is 0 Å². The largest absolute Gasteiger partial charge is 0.340 e. The molecule has 0 aliphatic rings. The zero-order valence-corrected chi connectivity index (χ0v) is 25.6. The molecule has 0 fully saturated rings. The van der Waals surface area contributed by atoms with Gasteiger partial charge in [-0.1, -0.05) is 103 Å². The van der Waals surface area contributed by atoms with E-state index in [1.165, 1.54) is 64.7 Å². The molecular weight excluding hydrogens is 514 g/mol. The minimum Gasteiger partial charge on any atom is -0.340 e. The van der Waals surface area contributed by atoms with Crippen LogP contribution >= 0.6 is 0 Å². The highest BCUT2D eigenvalue weighted by molar-refractivity contribution is 6.12. The first kappa shape index (κ1) is 32.3. The number of aromatic nitrogens is 1. The van der Waals surface area contributed by atoms with Crippen molar-refractivity contribution in [2.75, 3.05) is 0 Å². The Balaban J connectivity index is 1.90. The number of nitro benzene ring substituents is 1. The predicted octanol–water partition coefficient (Wildman–Crippen LogP) is 10.1. The fourth-order valence-corrected chi connectivity index (χ4v) is 5.72. The zero-order valence-electron chi connectivity index (χ0n) is 25.6. The maximum atomic E-state index is 11.6. The lowest BCUT2D eigenvalue weighted by atomic mass is 9.99. The topological polar surface area (TPSA) is 86.7 Å². The maximum Gasteiger partial charge on any atom is 0.331 e. The number of fused-ring (bicyclic) bond motifs is 3. The summed E-state index contributed by atoms with van der Waals surface area (Å²) in [4.78, 5) is 28.0. The Labute approximate surface area is 245 Å². The second kappa shape index (κ2) is 16.9. The normalized spacial score (nSPS) is 12.7. The van der Waals surface area contributed by atoms with Crippen LogP contribution in [-0.4, -0.2) is 21.2 Å². The summed E-state index contributed by atoms with van der Waals surface area (Å²) in [5, 5.41) is 17.7. The lowest BCUT2D eigenvalue weighted by Crippen LogP contribution is -2.10. The number of nitrogens with zero attached hydrogens (tertiary/aromatic N) is 3. The third kappa shape index (κ3) is 9.40. The number of oxime groups is 1. The second-order valence-electron chi connectivity index (χ2n) is 11.4. The molecule has 1 atom stereocenters. The molecule has 0 spiro atoms. The molecule has 1 unspecified atom stereocenters.